The number of nitrogens with zero attached hydrogens (tertiary/aromatic N) is 1. The summed E-state index contributed by atoms with van der Waals surface area (Å²) in [7, 11) is 0.679. The molecule has 5 aromatic rings. The molecule has 2 heterocycles. The number of pyridine rings is 1. The maximum absolute atomic E-state index is 14.0. The number of hydrogen-bond donors (Lipinski definition) is 0. The minimum atomic E-state index is -1.48. The molecule has 0 bridgehead atoms. The Bertz CT molecular complexity index is 1650. The lowest BCUT2D eigenvalue weighted by molar-refractivity contribution is -0.633. The summed E-state index contributed by atoms with van der Waals surface area (Å²) in [4.78, 5) is 0. The number of fused-ring (bicyclic) bond motifs is 4. The van der Waals surface area contributed by atoms with E-state index in [-0.39, 0.29) is 5.82 Å². The topological polar surface area (TPSA) is 17.0 Å². The molecular weight excluding hydrogens is 449 g/mol. The lowest BCUT2D eigenvalue weighted by Crippen LogP contribution is -2.41. The lowest BCUT2D eigenvalue weighted by atomic mass is 9.91. The van der Waals surface area contributed by atoms with Crippen molar-refractivity contribution in [2.75, 3.05) is 0 Å². The van der Waals surface area contributed by atoms with Crippen LogP contribution in [0.5, 0.6) is 0 Å². The molecule has 0 amide bonds. The SMILES string of the molecule is Cc1cc2c(cc1[Si](C)(C)C)c(C(C)C)cc(-c1c(C)c(C)cc3c1oc1cc(F)ccc13)[n+]2C. The third-order valence-corrected chi connectivity index (χ3v) is 9.75. The van der Waals surface area contributed by atoms with E-state index < -0.39 is 8.07 Å². The van der Waals surface area contributed by atoms with Gasteiger partial charge in [0.1, 0.15) is 24.0 Å². The van der Waals surface area contributed by atoms with Gasteiger partial charge in [-0.05, 0) is 73.2 Å². The Hall–Kier alpha value is -2.98. The summed E-state index contributed by atoms with van der Waals surface area (Å²) in [5.74, 6) is 0.0959. The zero-order chi connectivity index (χ0) is 25.4. The first-order valence-corrected chi connectivity index (χ1v) is 16.0. The molecule has 0 atom stereocenters. The highest BCUT2D eigenvalue weighted by Crippen LogP contribution is 2.40. The second-order valence-corrected chi connectivity index (χ2v) is 16.5. The average Bonchev–Trinajstić information content (AvgIpc) is 3.11. The molecule has 5 rings (SSSR count). The van der Waals surface area contributed by atoms with E-state index in [0.29, 0.717) is 11.5 Å². The Morgan fingerprint density at radius 2 is 1.57 bits per heavy atom. The van der Waals surface area contributed by atoms with Gasteiger partial charge in [0.25, 0.3) is 0 Å². The fourth-order valence-electron chi connectivity index (χ4n) is 5.60. The van der Waals surface area contributed by atoms with Gasteiger partial charge < -0.3 is 4.42 Å². The first kappa shape index (κ1) is 23.7. The number of aryl methyl sites for hydroxylation is 3. The Labute approximate surface area is 208 Å². The third kappa shape index (κ3) is 3.70. The van der Waals surface area contributed by atoms with Crippen LogP contribution in [0.4, 0.5) is 4.39 Å². The van der Waals surface area contributed by atoms with Crippen LogP contribution < -0.4 is 9.75 Å². The minimum absolute atomic E-state index is 0.279. The Kier molecular flexibility index (Phi) is 5.44. The summed E-state index contributed by atoms with van der Waals surface area (Å²) < 4.78 is 22.7. The number of furan rings is 1. The van der Waals surface area contributed by atoms with Crippen molar-refractivity contribution in [3.63, 3.8) is 0 Å². The zero-order valence-corrected chi connectivity index (χ0v) is 23.4. The molecule has 0 spiro atoms. The second kappa shape index (κ2) is 8.02. The average molecular weight is 485 g/mol. The number of benzene rings is 3. The second-order valence-electron chi connectivity index (χ2n) is 11.4. The monoisotopic (exact) mass is 484 g/mol. The molecule has 0 fully saturated rings. The predicted octanol–water partition coefficient (Wildman–Crippen LogP) is 7.96. The summed E-state index contributed by atoms with van der Waals surface area (Å²) in [5.41, 5.74) is 9.99. The van der Waals surface area contributed by atoms with Gasteiger partial charge in [-0.3, -0.25) is 0 Å². The van der Waals surface area contributed by atoms with E-state index in [9.17, 15) is 4.39 Å². The summed E-state index contributed by atoms with van der Waals surface area (Å²) in [6, 6.07) is 14.2. The summed E-state index contributed by atoms with van der Waals surface area (Å²) in [5, 5.41) is 4.85. The number of halogens is 1. The largest absolute Gasteiger partial charge is 0.455 e. The number of rotatable bonds is 3. The van der Waals surface area contributed by atoms with Gasteiger partial charge >= 0.3 is 0 Å². The van der Waals surface area contributed by atoms with Crippen molar-refractivity contribution in [3.8, 4) is 11.3 Å². The summed E-state index contributed by atoms with van der Waals surface area (Å²) in [6.07, 6.45) is 0. The molecule has 2 aromatic heterocycles. The lowest BCUT2D eigenvalue weighted by Gasteiger charge is -2.21. The first-order chi connectivity index (χ1) is 16.4. The Morgan fingerprint density at radius 1 is 0.857 bits per heavy atom. The van der Waals surface area contributed by atoms with Crippen LogP contribution in [0.15, 0.2) is 46.9 Å². The van der Waals surface area contributed by atoms with E-state index in [2.05, 4.69) is 90.1 Å². The fraction of sp³-hybridized carbons (Fsp3) is 0.323. The van der Waals surface area contributed by atoms with Crippen molar-refractivity contribution < 1.29 is 13.4 Å². The van der Waals surface area contributed by atoms with E-state index >= 15 is 0 Å². The Morgan fingerprint density at radius 3 is 2.23 bits per heavy atom. The van der Waals surface area contributed by atoms with Gasteiger partial charge in [-0.25, -0.2) is 4.39 Å². The van der Waals surface area contributed by atoms with Crippen LogP contribution in [0.2, 0.25) is 19.6 Å². The van der Waals surface area contributed by atoms with Crippen molar-refractivity contribution >= 4 is 46.1 Å². The van der Waals surface area contributed by atoms with Gasteiger partial charge in [-0.1, -0.05) is 38.7 Å². The zero-order valence-electron chi connectivity index (χ0n) is 22.4. The van der Waals surface area contributed by atoms with Gasteiger partial charge in [0.2, 0.25) is 11.2 Å². The van der Waals surface area contributed by atoms with Crippen molar-refractivity contribution in [2.24, 2.45) is 7.05 Å². The highest BCUT2D eigenvalue weighted by molar-refractivity contribution is 6.89. The van der Waals surface area contributed by atoms with E-state index in [0.717, 1.165) is 27.6 Å². The predicted molar refractivity (Wildman–Crippen MR) is 149 cm³/mol. The van der Waals surface area contributed by atoms with Gasteiger partial charge in [0.15, 0.2) is 0 Å². The van der Waals surface area contributed by atoms with Crippen LogP contribution >= 0.6 is 0 Å². The van der Waals surface area contributed by atoms with E-state index in [1.165, 1.54) is 50.5 Å². The molecule has 35 heavy (non-hydrogen) atoms. The molecule has 3 aromatic carbocycles. The smallest absolute Gasteiger partial charge is 0.217 e. The number of hydrogen-bond acceptors (Lipinski definition) is 1. The van der Waals surface area contributed by atoms with E-state index in [4.69, 9.17) is 4.42 Å². The molecule has 0 unspecified atom stereocenters. The molecule has 0 saturated carbocycles. The van der Waals surface area contributed by atoms with Crippen LogP contribution in [0.25, 0.3) is 44.1 Å². The van der Waals surface area contributed by atoms with Gasteiger partial charge in [0.05, 0.1) is 13.6 Å². The quantitative estimate of drug-likeness (QED) is 0.187. The molecule has 0 aliphatic rings. The van der Waals surface area contributed by atoms with E-state index in [1.54, 1.807) is 0 Å². The van der Waals surface area contributed by atoms with Crippen LogP contribution in [0.1, 0.15) is 42.0 Å². The van der Waals surface area contributed by atoms with Crippen LogP contribution in [-0.2, 0) is 7.05 Å². The molecule has 180 valence electrons. The van der Waals surface area contributed by atoms with Gasteiger partial charge in [-0.15, -0.1) is 0 Å². The van der Waals surface area contributed by atoms with Gasteiger partial charge in [0, 0.05) is 34.4 Å². The number of aromatic nitrogens is 1. The maximum Gasteiger partial charge on any atom is 0.217 e. The van der Waals surface area contributed by atoms with Crippen LogP contribution in [0, 0.1) is 26.6 Å². The van der Waals surface area contributed by atoms with Crippen LogP contribution in [-0.4, -0.2) is 8.07 Å². The minimum Gasteiger partial charge on any atom is -0.455 e. The molecule has 2 nitrogen and oxygen atoms in total. The normalized spacial score (nSPS) is 12.5. The molecule has 0 aliphatic carbocycles. The van der Waals surface area contributed by atoms with Crippen molar-refractivity contribution in [3.05, 3.63) is 70.5 Å². The highest BCUT2D eigenvalue weighted by atomic mass is 28.3. The van der Waals surface area contributed by atoms with Crippen LogP contribution in [0.3, 0.4) is 0 Å². The van der Waals surface area contributed by atoms with Gasteiger partial charge in [-0.2, -0.15) is 4.57 Å². The molecule has 0 N–H and O–H groups in total. The Balaban J connectivity index is 1.93. The standard InChI is InChI=1S/C31H35FNOSi/c1-17(2)23-15-27(33(6)26-13-19(4)29(16-24(23)26)35(7,8)9)30-20(5)18(3)12-25-22-11-10-21(32)14-28(22)34-31(25)30/h10-17H,1-9H3/q+1. The molecule has 0 aliphatic heterocycles. The van der Waals surface area contributed by atoms with Crippen molar-refractivity contribution in [1.29, 1.82) is 0 Å². The molecule has 0 saturated heterocycles. The molecular formula is C31H35FNOSi+. The maximum atomic E-state index is 14.0. The molecule has 0 radical (unpaired) electrons. The summed E-state index contributed by atoms with van der Waals surface area (Å²) >= 11 is 0. The van der Waals surface area contributed by atoms with Crippen molar-refractivity contribution in [1.82, 2.24) is 0 Å². The first-order valence-electron chi connectivity index (χ1n) is 12.5. The van der Waals surface area contributed by atoms with Crippen molar-refractivity contribution in [2.45, 2.75) is 60.2 Å². The fourth-order valence-corrected chi connectivity index (χ4v) is 7.43. The highest BCUT2D eigenvalue weighted by Gasteiger charge is 2.28. The summed E-state index contributed by atoms with van der Waals surface area (Å²) in [6.45, 7) is 18.4. The molecule has 4 heteroatoms. The van der Waals surface area contributed by atoms with E-state index in [1.807, 2.05) is 6.07 Å². The third-order valence-electron chi connectivity index (χ3n) is 7.60.